The molecule has 0 aromatic heterocycles. The van der Waals surface area contributed by atoms with Crippen LogP contribution >= 0.6 is 0 Å². The molecule has 1 amide bonds. The van der Waals surface area contributed by atoms with Gasteiger partial charge in [-0.05, 0) is 26.1 Å². The number of rotatable bonds is 8. The molecule has 118 valence electrons. The Morgan fingerprint density at radius 1 is 1.14 bits per heavy atom. The number of nitrogens with two attached hydrogens (primary N) is 1. The highest BCUT2D eigenvalue weighted by molar-refractivity contribution is 5.79. The third-order valence-electron chi connectivity index (χ3n) is 3.74. The monoisotopic (exact) mass is 291 g/mol. The van der Waals surface area contributed by atoms with Crippen LogP contribution in [0.2, 0.25) is 0 Å². The summed E-state index contributed by atoms with van der Waals surface area (Å²) < 4.78 is 0. The van der Waals surface area contributed by atoms with Crippen molar-refractivity contribution in [2.75, 3.05) is 33.7 Å². The first-order valence-electron chi connectivity index (χ1n) is 7.71. The summed E-state index contributed by atoms with van der Waals surface area (Å²) in [6, 6.07) is 9.60. The van der Waals surface area contributed by atoms with Gasteiger partial charge in [-0.15, -0.1) is 0 Å². The molecule has 0 aliphatic heterocycles. The van der Waals surface area contributed by atoms with Crippen molar-refractivity contribution in [2.24, 2.45) is 11.7 Å². The van der Waals surface area contributed by atoms with Crippen molar-refractivity contribution in [2.45, 2.75) is 26.3 Å². The van der Waals surface area contributed by atoms with Crippen molar-refractivity contribution in [3.63, 3.8) is 0 Å². The maximum absolute atomic E-state index is 12.7. The van der Waals surface area contributed by atoms with Gasteiger partial charge in [-0.1, -0.05) is 44.2 Å². The lowest BCUT2D eigenvalue weighted by atomic mass is 9.94. The number of nitrogens with zero attached hydrogens (tertiary/aromatic N) is 2. The molecule has 2 unspecified atom stereocenters. The summed E-state index contributed by atoms with van der Waals surface area (Å²) in [5, 5.41) is 0. The third kappa shape index (κ3) is 5.48. The van der Waals surface area contributed by atoms with Gasteiger partial charge in [0, 0.05) is 25.7 Å². The molecule has 1 rings (SSSR count). The van der Waals surface area contributed by atoms with Crippen molar-refractivity contribution >= 4 is 5.91 Å². The molecule has 0 fully saturated rings. The zero-order valence-corrected chi connectivity index (χ0v) is 13.7. The van der Waals surface area contributed by atoms with Gasteiger partial charge in [-0.2, -0.15) is 0 Å². The zero-order chi connectivity index (χ0) is 15.8. The van der Waals surface area contributed by atoms with Crippen LogP contribution in [0.5, 0.6) is 0 Å². The van der Waals surface area contributed by atoms with E-state index in [-0.39, 0.29) is 17.9 Å². The van der Waals surface area contributed by atoms with E-state index in [4.69, 9.17) is 5.73 Å². The van der Waals surface area contributed by atoms with Crippen LogP contribution in [0, 0.1) is 5.92 Å². The molecule has 0 radical (unpaired) electrons. The van der Waals surface area contributed by atoms with Gasteiger partial charge in [0.1, 0.15) is 0 Å². The molecule has 0 spiro atoms. The summed E-state index contributed by atoms with van der Waals surface area (Å²) in [6.07, 6.45) is 0.965. The molecule has 0 aliphatic rings. The van der Waals surface area contributed by atoms with Crippen LogP contribution in [0.1, 0.15) is 31.9 Å². The summed E-state index contributed by atoms with van der Waals surface area (Å²) in [4.78, 5) is 16.7. The van der Waals surface area contributed by atoms with Crippen molar-refractivity contribution in [3.05, 3.63) is 35.9 Å². The van der Waals surface area contributed by atoms with Crippen LogP contribution in [0.4, 0.5) is 0 Å². The van der Waals surface area contributed by atoms with Gasteiger partial charge in [0.2, 0.25) is 5.91 Å². The van der Waals surface area contributed by atoms with E-state index in [1.165, 1.54) is 0 Å². The molecule has 2 N–H and O–H groups in total. The number of amides is 1. The molecule has 1 aromatic rings. The topological polar surface area (TPSA) is 49.6 Å². The minimum atomic E-state index is -0.252. The van der Waals surface area contributed by atoms with Crippen molar-refractivity contribution in [1.82, 2.24) is 9.80 Å². The summed E-state index contributed by atoms with van der Waals surface area (Å²) in [5.41, 5.74) is 7.29. The Kier molecular flexibility index (Phi) is 7.40. The molecular formula is C17H29N3O. The van der Waals surface area contributed by atoms with E-state index in [0.717, 1.165) is 31.6 Å². The zero-order valence-electron chi connectivity index (χ0n) is 13.7. The van der Waals surface area contributed by atoms with Crippen molar-refractivity contribution in [1.29, 1.82) is 0 Å². The SMILES string of the molecule is CCCN(CCN(C)C)C(=O)C(C)C(N)c1ccccc1. The molecule has 0 heterocycles. The lowest BCUT2D eigenvalue weighted by Gasteiger charge is -2.29. The van der Waals surface area contributed by atoms with Gasteiger partial charge >= 0.3 is 0 Å². The predicted octanol–water partition coefficient (Wildman–Crippen LogP) is 2.12. The fraction of sp³-hybridized carbons (Fsp3) is 0.588. The second-order valence-electron chi connectivity index (χ2n) is 5.85. The van der Waals surface area contributed by atoms with E-state index in [9.17, 15) is 4.79 Å². The Morgan fingerprint density at radius 3 is 2.29 bits per heavy atom. The first-order chi connectivity index (χ1) is 9.97. The van der Waals surface area contributed by atoms with Gasteiger partial charge < -0.3 is 15.5 Å². The number of carbonyl (C=O) groups excluding carboxylic acids is 1. The first-order valence-corrected chi connectivity index (χ1v) is 7.71. The molecule has 4 heteroatoms. The maximum atomic E-state index is 12.7. The molecule has 0 aliphatic carbocycles. The molecule has 2 atom stereocenters. The number of hydrogen-bond donors (Lipinski definition) is 1. The highest BCUT2D eigenvalue weighted by Crippen LogP contribution is 2.21. The van der Waals surface area contributed by atoms with Crippen molar-refractivity contribution < 1.29 is 4.79 Å². The normalized spacial score (nSPS) is 14.0. The lowest BCUT2D eigenvalue weighted by molar-refractivity contribution is -0.135. The summed E-state index contributed by atoms with van der Waals surface area (Å²) in [5.74, 6) is -0.0591. The van der Waals surface area contributed by atoms with E-state index in [2.05, 4.69) is 11.8 Å². The minimum Gasteiger partial charge on any atom is -0.341 e. The Balaban J connectivity index is 2.72. The van der Waals surface area contributed by atoms with Crippen LogP contribution in [-0.4, -0.2) is 49.4 Å². The highest BCUT2D eigenvalue weighted by Gasteiger charge is 2.26. The largest absolute Gasteiger partial charge is 0.341 e. The van der Waals surface area contributed by atoms with Gasteiger partial charge in [0.05, 0.1) is 5.92 Å². The van der Waals surface area contributed by atoms with Crippen LogP contribution in [0.15, 0.2) is 30.3 Å². The molecule has 0 bridgehead atoms. The van der Waals surface area contributed by atoms with Gasteiger partial charge in [0.25, 0.3) is 0 Å². The van der Waals surface area contributed by atoms with Crippen LogP contribution in [-0.2, 0) is 4.79 Å². The molecule has 0 saturated heterocycles. The van der Waals surface area contributed by atoms with Gasteiger partial charge in [0.15, 0.2) is 0 Å². The molecular weight excluding hydrogens is 262 g/mol. The van der Waals surface area contributed by atoms with E-state index >= 15 is 0 Å². The lowest BCUT2D eigenvalue weighted by Crippen LogP contribution is -2.42. The summed E-state index contributed by atoms with van der Waals surface area (Å²) in [7, 11) is 4.04. The van der Waals surface area contributed by atoms with Gasteiger partial charge in [-0.25, -0.2) is 0 Å². The Morgan fingerprint density at radius 2 is 1.76 bits per heavy atom. The van der Waals surface area contributed by atoms with E-state index in [1.54, 1.807) is 0 Å². The van der Waals surface area contributed by atoms with Crippen LogP contribution < -0.4 is 5.73 Å². The van der Waals surface area contributed by atoms with Crippen LogP contribution in [0.25, 0.3) is 0 Å². The first kappa shape index (κ1) is 17.7. The summed E-state index contributed by atoms with van der Waals surface area (Å²) in [6.45, 7) is 6.44. The third-order valence-corrected chi connectivity index (χ3v) is 3.74. The molecule has 21 heavy (non-hydrogen) atoms. The standard InChI is InChI=1S/C17H29N3O/c1-5-11-20(13-12-19(3)4)17(21)14(2)16(18)15-9-7-6-8-10-15/h6-10,14,16H,5,11-13,18H2,1-4H3. The minimum absolute atomic E-state index is 0.148. The molecule has 0 saturated carbocycles. The molecule has 4 nitrogen and oxygen atoms in total. The van der Waals surface area contributed by atoms with Crippen LogP contribution in [0.3, 0.4) is 0 Å². The summed E-state index contributed by atoms with van der Waals surface area (Å²) >= 11 is 0. The average molecular weight is 291 g/mol. The number of likely N-dealkylation sites (N-methyl/N-ethyl adjacent to an activating group) is 1. The Hall–Kier alpha value is -1.39. The van der Waals surface area contributed by atoms with Crippen molar-refractivity contribution in [3.8, 4) is 0 Å². The number of carbonyl (C=O) groups is 1. The average Bonchev–Trinajstić information content (AvgIpc) is 2.50. The van der Waals surface area contributed by atoms with E-state index < -0.39 is 0 Å². The predicted molar refractivity (Wildman–Crippen MR) is 88.0 cm³/mol. The Labute approximate surface area is 128 Å². The second-order valence-corrected chi connectivity index (χ2v) is 5.85. The number of hydrogen-bond acceptors (Lipinski definition) is 3. The Bertz CT molecular complexity index is 419. The molecule has 1 aromatic carbocycles. The fourth-order valence-electron chi connectivity index (χ4n) is 2.33. The van der Waals surface area contributed by atoms with Gasteiger partial charge in [-0.3, -0.25) is 4.79 Å². The van der Waals surface area contributed by atoms with E-state index in [0.29, 0.717) is 0 Å². The maximum Gasteiger partial charge on any atom is 0.227 e. The second kappa shape index (κ2) is 8.80. The number of benzene rings is 1. The smallest absolute Gasteiger partial charge is 0.227 e. The highest BCUT2D eigenvalue weighted by atomic mass is 16.2. The fourth-order valence-corrected chi connectivity index (χ4v) is 2.33. The quantitative estimate of drug-likeness (QED) is 0.798. The van der Waals surface area contributed by atoms with E-state index in [1.807, 2.05) is 56.3 Å².